The van der Waals surface area contributed by atoms with E-state index in [0.29, 0.717) is 0 Å². The molecular weight excluding hydrogens is 438 g/mol. The molecule has 4 rings (SSSR count). The second-order valence-corrected chi connectivity index (χ2v) is 8.93. The van der Waals surface area contributed by atoms with Gasteiger partial charge in [-0.25, -0.2) is 0 Å². The summed E-state index contributed by atoms with van der Waals surface area (Å²) in [4.78, 5) is 0. The van der Waals surface area contributed by atoms with Crippen LogP contribution < -0.4 is 24.8 Å². The molecule has 26 heavy (non-hydrogen) atoms. The van der Waals surface area contributed by atoms with Crippen molar-refractivity contribution in [3.05, 3.63) is 71.8 Å². The van der Waals surface area contributed by atoms with Gasteiger partial charge in [-0.3, -0.25) is 0 Å². The van der Waals surface area contributed by atoms with Gasteiger partial charge in [0.1, 0.15) is 0 Å². The molecule has 0 aromatic heterocycles. The first kappa shape index (κ1) is 23.2. The van der Waals surface area contributed by atoms with Gasteiger partial charge in [0.05, 0.1) is 0 Å². The number of halogens is 2. The monoisotopic (exact) mass is 459 g/mol. The summed E-state index contributed by atoms with van der Waals surface area (Å²) in [5.74, 6) is 0. The summed E-state index contributed by atoms with van der Waals surface area (Å²) in [5, 5.41) is 5.53. The maximum absolute atomic E-state index is 2.36. The summed E-state index contributed by atoms with van der Waals surface area (Å²) in [7, 11) is 0. The van der Waals surface area contributed by atoms with Crippen molar-refractivity contribution < 1.29 is 49.0 Å². The van der Waals surface area contributed by atoms with Crippen LogP contribution in [0.15, 0.2) is 60.7 Å². The predicted octanol–water partition coefficient (Wildman–Crippen LogP) is 0.371. The fourth-order valence-electron chi connectivity index (χ4n) is 3.38. The third-order valence-corrected chi connectivity index (χ3v) is 4.36. The van der Waals surface area contributed by atoms with Gasteiger partial charge in [-0.05, 0) is 12.8 Å². The van der Waals surface area contributed by atoms with E-state index in [1.54, 1.807) is 24.2 Å². The van der Waals surface area contributed by atoms with E-state index in [4.69, 9.17) is 0 Å². The average molecular weight is 462 g/mol. The van der Waals surface area contributed by atoms with Crippen molar-refractivity contribution in [3.63, 3.8) is 0 Å². The largest absolute Gasteiger partial charge is 1.00 e. The summed E-state index contributed by atoms with van der Waals surface area (Å²) in [6.07, 6.45) is 8.84. The Morgan fingerprint density at radius 2 is 1.73 bits per heavy atom. The molecule has 3 aromatic rings. The molecule has 0 amide bonds. The Kier molecular flexibility index (Phi) is 9.31. The number of rotatable bonds is 2. The van der Waals surface area contributed by atoms with Crippen LogP contribution in [0.4, 0.5) is 0 Å². The third-order valence-electron chi connectivity index (χ3n) is 4.36. The van der Waals surface area contributed by atoms with Crippen LogP contribution in [-0.4, -0.2) is 3.21 Å². The van der Waals surface area contributed by atoms with Gasteiger partial charge < -0.3 is 24.8 Å². The Morgan fingerprint density at radius 1 is 1.04 bits per heavy atom. The first-order chi connectivity index (χ1) is 11.6. The Bertz CT molecular complexity index is 957. The van der Waals surface area contributed by atoms with Crippen LogP contribution in [0.5, 0.6) is 0 Å². The van der Waals surface area contributed by atoms with Gasteiger partial charge in [0.25, 0.3) is 0 Å². The molecule has 3 aromatic carbocycles. The molecule has 3 heteroatoms. The summed E-state index contributed by atoms with van der Waals surface area (Å²) < 4.78 is 1.51. The molecule has 0 atom stereocenters. The standard InChI is InChI=1S/C20H17.C3H6.2ClH.Zr/c1-2-14-11-12-18-17-10-6-5-9-16(17)13-19(18)20(14)15-7-3-4-8-15;1-3-2;;;/h3-7,9-13H,2,8H2,1H3;1-2H3;2*1H;/q-1;;;;+2/p-2. The molecule has 134 valence electrons. The molecule has 0 radical (unpaired) electrons. The molecule has 0 bridgehead atoms. The number of aryl methyl sites for hydroxylation is 1. The van der Waals surface area contributed by atoms with E-state index in [2.05, 4.69) is 81.5 Å². The maximum Gasteiger partial charge on any atom is -1.00 e. The summed E-state index contributed by atoms with van der Waals surface area (Å²) in [5.41, 5.74) is 4.39. The first-order valence-electron chi connectivity index (χ1n) is 8.59. The zero-order valence-corrected chi connectivity index (χ0v) is 19.4. The van der Waals surface area contributed by atoms with Gasteiger partial charge in [0.15, 0.2) is 0 Å². The average Bonchev–Trinajstić information content (AvgIpc) is 3.20. The molecule has 0 saturated heterocycles. The Balaban J connectivity index is 0.000000516. The van der Waals surface area contributed by atoms with Crippen LogP contribution in [0.25, 0.3) is 27.1 Å². The third kappa shape index (κ3) is 4.89. The SMILES string of the molecule is CCc1ccc2c([cH-]c3ccccc32)c1C1=CC=CC1.C[C](C)=[Zr+2].[Cl-].[Cl-]. The van der Waals surface area contributed by atoms with E-state index in [-0.39, 0.29) is 24.8 Å². The minimum Gasteiger partial charge on any atom is -1.00 e. The van der Waals surface area contributed by atoms with E-state index in [1.807, 2.05) is 0 Å². The van der Waals surface area contributed by atoms with E-state index in [0.717, 1.165) is 12.8 Å². The number of hydrogen-bond donors (Lipinski definition) is 0. The van der Waals surface area contributed by atoms with Gasteiger partial charge in [0, 0.05) is 0 Å². The molecule has 0 aliphatic heterocycles. The van der Waals surface area contributed by atoms with Crippen molar-refractivity contribution in [2.24, 2.45) is 0 Å². The molecule has 0 nitrogen and oxygen atoms in total. The summed E-state index contributed by atoms with van der Waals surface area (Å²) >= 11 is 1.55. The van der Waals surface area contributed by atoms with Gasteiger partial charge in [0.2, 0.25) is 0 Å². The summed E-state index contributed by atoms with van der Waals surface area (Å²) in [6.45, 7) is 6.49. The molecule has 0 unspecified atom stereocenters. The molecule has 1 aliphatic carbocycles. The fraction of sp³-hybridized carbons (Fsp3) is 0.217. The van der Waals surface area contributed by atoms with Crippen molar-refractivity contribution in [1.82, 2.24) is 0 Å². The summed E-state index contributed by atoms with van der Waals surface area (Å²) in [6, 6.07) is 15.7. The predicted molar refractivity (Wildman–Crippen MR) is 105 cm³/mol. The Hall–Kier alpha value is -0.877. The zero-order valence-electron chi connectivity index (χ0n) is 15.4. The molecule has 0 N–H and O–H groups in total. The second-order valence-electron chi connectivity index (χ2n) is 6.47. The second kappa shape index (κ2) is 10.5. The number of hydrogen-bond acceptors (Lipinski definition) is 0. The Labute approximate surface area is 183 Å². The number of allylic oxidation sites excluding steroid dienone is 4. The quantitative estimate of drug-likeness (QED) is 0.484. The molecule has 0 saturated carbocycles. The molecule has 0 heterocycles. The normalized spacial score (nSPS) is 12.1. The van der Waals surface area contributed by atoms with Crippen LogP contribution in [0.1, 0.15) is 38.3 Å². The van der Waals surface area contributed by atoms with Crippen molar-refractivity contribution in [2.45, 2.75) is 33.6 Å². The zero-order chi connectivity index (χ0) is 17.1. The topological polar surface area (TPSA) is 0 Å². The van der Waals surface area contributed by atoms with E-state index in [1.165, 1.54) is 41.5 Å². The smallest absolute Gasteiger partial charge is 1.00 e. The van der Waals surface area contributed by atoms with Crippen molar-refractivity contribution in [1.29, 1.82) is 0 Å². The van der Waals surface area contributed by atoms with Crippen LogP contribution in [0.2, 0.25) is 0 Å². The van der Waals surface area contributed by atoms with E-state index in [9.17, 15) is 0 Å². The maximum atomic E-state index is 2.36. The van der Waals surface area contributed by atoms with Crippen molar-refractivity contribution >= 4 is 30.3 Å². The van der Waals surface area contributed by atoms with E-state index < -0.39 is 0 Å². The minimum atomic E-state index is 0. The number of fused-ring (bicyclic) bond motifs is 3. The van der Waals surface area contributed by atoms with Crippen molar-refractivity contribution in [2.75, 3.05) is 0 Å². The fourth-order valence-corrected chi connectivity index (χ4v) is 3.38. The van der Waals surface area contributed by atoms with Crippen LogP contribution in [0.3, 0.4) is 0 Å². The molecule has 0 spiro atoms. The van der Waals surface area contributed by atoms with Gasteiger partial charge in [-0.1, -0.05) is 72.2 Å². The van der Waals surface area contributed by atoms with Crippen LogP contribution in [0, 0.1) is 0 Å². The number of benzene rings is 2. The molecule has 1 aliphatic rings. The first-order valence-corrected chi connectivity index (χ1v) is 9.82. The van der Waals surface area contributed by atoms with Gasteiger partial charge in [-0.15, -0.1) is 33.7 Å². The van der Waals surface area contributed by atoms with Gasteiger partial charge in [-0.2, -0.15) is 0 Å². The van der Waals surface area contributed by atoms with Crippen LogP contribution >= 0.6 is 0 Å². The van der Waals surface area contributed by atoms with Gasteiger partial charge >= 0.3 is 41.3 Å². The molecular formula is C23H23Cl2Zr-. The minimum absolute atomic E-state index is 0. The van der Waals surface area contributed by atoms with Crippen molar-refractivity contribution in [3.8, 4) is 0 Å². The Morgan fingerprint density at radius 3 is 2.35 bits per heavy atom. The molecule has 0 fully saturated rings. The van der Waals surface area contributed by atoms with E-state index >= 15 is 0 Å². The van der Waals surface area contributed by atoms with Crippen LogP contribution in [-0.2, 0) is 30.7 Å².